The Morgan fingerprint density at radius 2 is 2.29 bits per heavy atom. The quantitative estimate of drug-likeness (QED) is 0.831. The molecule has 0 amide bonds. The second-order valence-electron chi connectivity index (χ2n) is 2.90. The van der Waals surface area contributed by atoms with E-state index in [1.807, 2.05) is 24.3 Å². The van der Waals surface area contributed by atoms with Gasteiger partial charge in [0.2, 0.25) is 0 Å². The molecule has 0 aliphatic carbocycles. The van der Waals surface area contributed by atoms with Gasteiger partial charge in [0.15, 0.2) is 0 Å². The van der Waals surface area contributed by atoms with Gasteiger partial charge in [0, 0.05) is 21.9 Å². The molecule has 2 rings (SSSR count). The number of aromatic nitrogens is 2. The SMILES string of the molecule is ClCc1cnc(-c2cccc(Br)c2)[nH]1. The molecule has 1 N–H and O–H groups in total. The van der Waals surface area contributed by atoms with E-state index in [0.29, 0.717) is 5.88 Å². The fraction of sp³-hybridized carbons (Fsp3) is 0.100. The Bertz CT molecular complexity index is 439. The van der Waals surface area contributed by atoms with Crippen molar-refractivity contribution in [1.82, 2.24) is 9.97 Å². The van der Waals surface area contributed by atoms with E-state index in [4.69, 9.17) is 11.6 Å². The van der Waals surface area contributed by atoms with Gasteiger partial charge in [0.25, 0.3) is 0 Å². The van der Waals surface area contributed by atoms with E-state index in [9.17, 15) is 0 Å². The van der Waals surface area contributed by atoms with Crippen LogP contribution in [0.4, 0.5) is 0 Å². The van der Waals surface area contributed by atoms with E-state index in [0.717, 1.165) is 21.6 Å². The number of hydrogen-bond acceptors (Lipinski definition) is 1. The molecule has 0 fully saturated rings. The maximum atomic E-state index is 5.68. The Morgan fingerprint density at radius 3 is 2.93 bits per heavy atom. The van der Waals surface area contributed by atoms with Crippen LogP contribution in [0.1, 0.15) is 5.69 Å². The van der Waals surface area contributed by atoms with Crippen molar-refractivity contribution in [3.63, 3.8) is 0 Å². The molecule has 4 heteroatoms. The lowest BCUT2D eigenvalue weighted by Crippen LogP contribution is -1.81. The maximum Gasteiger partial charge on any atom is 0.137 e. The van der Waals surface area contributed by atoms with Gasteiger partial charge < -0.3 is 4.98 Å². The highest BCUT2D eigenvalue weighted by Gasteiger charge is 2.02. The molecule has 0 spiro atoms. The number of rotatable bonds is 2. The molecule has 1 aromatic heterocycles. The average molecular weight is 272 g/mol. The molecule has 1 aromatic carbocycles. The van der Waals surface area contributed by atoms with E-state index >= 15 is 0 Å². The fourth-order valence-corrected chi connectivity index (χ4v) is 1.74. The zero-order valence-electron chi connectivity index (χ0n) is 7.30. The molecule has 0 radical (unpaired) electrons. The van der Waals surface area contributed by atoms with Crippen LogP contribution >= 0.6 is 27.5 Å². The molecule has 2 aromatic rings. The van der Waals surface area contributed by atoms with Crippen LogP contribution in [0.25, 0.3) is 11.4 Å². The number of H-pyrrole nitrogens is 1. The Labute approximate surface area is 95.5 Å². The van der Waals surface area contributed by atoms with Crippen LogP contribution < -0.4 is 0 Å². The van der Waals surface area contributed by atoms with E-state index in [1.54, 1.807) is 6.20 Å². The van der Waals surface area contributed by atoms with Crippen molar-refractivity contribution in [3.8, 4) is 11.4 Å². The van der Waals surface area contributed by atoms with Crippen LogP contribution in [-0.4, -0.2) is 9.97 Å². The molecule has 0 unspecified atom stereocenters. The van der Waals surface area contributed by atoms with Gasteiger partial charge in [0.05, 0.1) is 5.88 Å². The lowest BCUT2D eigenvalue weighted by Gasteiger charge is -1.96. The molecule has 14 heavy (non-hydrogen) atoms. The van der Waals surface area contributed by atoms with E-state index in [1.165, 1.54) is 0 Å². The van der Waals surface area contributed by atoms with Crippen molar-refractivity contribution in [1.29, 1.82) is 0 Å². The van der Waals surface area contributed by atoms with Gasteiger partial charge in [-0.1, -0.05) is 28.1 Å². The van der Waals surface area contributed by atoms with Gasteiger partial charge in [-0.2, -0.15) is 0 Å². The minimum absolute atomic E-state index is 0.459. The first-order chi connectivity index (χ1) is 6.79. The zero-order chi connectivity index (χ0) is 9.97. The van der Waals surface area contributed by atoms with Crippen molar-refractivity contribution in [2.75, 3.05) is 0 Å². The largest absolute Gasteiger partial charge is 0.341 e. The minimum Gasteiger partial charge on any atom is -0.341 e. The van der Waals surface area contributed by atoms with Crippen molar-refractivity contribution in [3.05, 3.63) is 40.6 Å². The van der Waals surface area contributed by atoms with Gasteiger partial charge in [-0.15, -0.1) is 11.6 Å². The van der Waals surface area contributed by atoms with Crippen LogP contribution in [0, 0.1) is 0 Å². The molecule has 72 valence electrons. The average Bonchev–Trinajstić information content (AvgIpc) is 2.66. The first-order valence-electron chi connectivity index (χ1n) is 4.15. The van der Waals surface area contributed by atoms with Crippen LogP contribution in [0.15, 0.2) is 34.9 Å². The third kappa shape index (κ3) is 1.99. The van der Waals surface area contributed by atoms with Gasteiger partial charge in [-0.25, -0.2) is 4.98 Å². The van der Waals surface area contributed by atoms with Gasteiger partial charge >= 0.3 is 0 Å². The lowest BCUT2D eigenvalue weighted by atomic mass is 10.2. The minimum atomic E-state index is 0.459. The van der Waals surface area contributed by atoms with Gasteiger partial charge in [-0.3, -0.25) is 0 Å². The van der Waals surface area contributed by atoms with E-state index in [2.05, 4.69) is 25.9 Å². The normalized spacial score (nSPS) is 10.4. The molecular weight excluding hydrogens is 263 g/mol. The molecule has 0 saturated heterocycles. The summed E-state index contributed by atoms with van der Waals surface area (Å²) in [6.45, 7) is 0. The van der Waals surface area contributed by atoms with Crippen LogP contribution in [-0.2, 0) is 5.88 Å². The second kappa shape index (κ2) is 4.15. The summed E-state index contributed by atoms with van der Waals surface area (Å²) in [6, 6.07) is 7.97. The summed E-state index contributed by atoms with van der Waals surface area (Å²) in [5.41, 5.74) is 1.98. The number of benzene rings is 1. The summed E-state index contributed by atoms with van der Waals surface area (Å²) in [7, 11) is 0. The van der Waals surface area contributed by atoms with Crippen LogP contribution in [0.2, 0.25) is 0 Å². The molecule has 0 saturated carbocycles. The number of aromatic amines is 1. The Kier molecular flexibility index (Phi) is 2.89. The predicted molar refractivity (Wildman–Crippen MR) is 61.3 cm³/mol. The van der Waals surface area contributed by atoms with Crippen LogP contribution in [0.5, 0.6) is 0 Å². The summed E-state index contributed by atoms with van der Waals surface area (Å²) in [5.74, 6) is 1.31. The molecule has 1 heterocycles. The number of alkyl halides is 1. The standard InChI is InChI=1S/C10H8BrClN2/c11-8-3-1-2-7(4-8)10-13-6-9(5-12)14-10/h1-4,6H,5H2,(H,13,14). The smallest absolute Gasteiger partial charge is 0.137 e. The predicted octanol–water partition coefficient (Wildman–Crippen LogP) is 3.58. The highest BCUT2D eigenvalue weighted by molar-refractivity contribution is 9.10. The maximum absolute atomic E-state index is 5.68. The summed E-state index contributed by atoms with van der Waals surface area (Å²) in [6.07, 6.45) is 1.75. The number of nitrogens with one attached hydrogen (secondary N) is 1. The molecule has 0 aliphatic rings. The van der Waals surface area contributed by atoms with Crippen molar-refractivity contribution in [2.24, 2.45) is 0 Å². The summed E-state index contributed by atoms with van der Waals surface area (Å²) < 4.78 is 1.04. The molecular formula is C10H8BrClN2. The van der Waals surface area contributed by atoms with Gasteiger partial charge in [0.1, 0.15) is 5.82 Å². The highest BCUT2D eigenvalue weighted by Crippen LogP contribution is 2.20. The van der Waals surface area contributed by atoms with E-state index < -0.39 is 0 Å². The number of nitrogens with zero attached hydrogens (tertiary/aromatic N) is 1. The monoisotopic (exact) mass is 270 g/mol. The van der Waals surface area contributed by atoms with Crippen LogP contribution in [0.3, 0.4) is 0 Å². The lowest BCUT2D eigenvalue weighted by molar-refractivity contribution is 1.22. The number of imidazole rings is 1. The second-order valence-corrected chi connectivity index (χ2v) is 4.08. The fourth-order valence-electron chi connectivity index (χ4n) is 1.21. The number of hydrogen-bond donors (Lipinski definition) is 1. The first-order valence-corrected chi connectivity index (χ1v) is 5.48. The first kappa shape index (κ1) is 9.74. The molecule has 0 atom stereocenters. The summed E-state index contributed by atoms with van der Waals surface area (Å²) in [4.78, 5) is 7.38. The molecule has 2 nitrogen and oxygen atoms in total. The summed E-state index contributed by atoms with van der Waals surface area (Å²) >= 11 is 9.09. The third-order valence-electron chi connectivity index (χ3n) is 1.87. The van der Waals surface area contributed by atoms with Crippen molar-refractivity contribution >= 4 is 27.5 Å². The summed E-state index contributed by atoms with van der Waals surface area (Å²) in [5, 5.41) is 0. The Balaban J connectivity index is 2.39. The highest BCUT2D eigenvalue weighted by atomic mass is 79.9. The molecule has 0 bridgehead atoms. The van der Waals surface area contributed by atoms with E-state index in [-0.39, 0.29) is 0 Å². The topological polar surface area (TPSA) is 28.7 Å². The Morgan fingerprint density at radius 1 is 1.43 bits per heavy atom. The number of halogens is 2. The van der Waals surface area contributed by atoms with Gasteiger partial charge in [-0.05, 0) is 12.1 Å². The van der Waals surface area contributed by atoms with Crippen molar-refractivity contribution < 1.29 is 0 Å². The Hall–Kier alpha value is -0.800. The van der Waals surface area contributed by atoms with Crippen molar-refractivity contribution in [2.45, 2.75) is 5.88 Å². The molecule has 0 aliphatic heterocycles. The zero-order valence-corrected chi connectivity index (χ0v) is 9.64. The third-order valence-corrected chi connectivity index (χ3v) is 2.65.